The molecule has 2 unspecified atom stereocenters. The SMILES string of the molecule is CC(CS(=O)(=O)c1ccc(F)cc1)C(=O)N1CCCC1CN. The molecule has 22 heavy (non-hydrogen) atoms. The van der Waals surface area contributed by atoms with Crippen LogP contribution < -0.4 is 5.73 Å². The molecule has 2 N–H and O–H groups in total. The second kappa shape index (κ2) is 6.75. The number of nitrogens with two attached hydrogens (primary N) is 1. The molecule has 1 saturated heterocycles. The second-order valence-electron chi connectivity index (χ2n) is 5.70. The van der Waals surface area contributed by atoms with Gasteiger partial charge in [0.1, 0.15) is 5.82 Å². The number of hydrogen-bond acceptors (Lipinski definition) is 4. The van der Waals surface area contributed by atoms with Crippen molar-refractivity contribution in [1.29, 1.82) is 0 Å². The summed E-state index contributed by atoms with van der Waals surface area (Å²) in [5.41, 5.74) is 5.65. The lowest BCUT2D eigenvalue weighted by atomic mass is 10.1. The minimum absolute atomic E-state index is 0.00322. The van der Waals surface area contributed by atoms with Crippen LogP contribution in [0, 0.1) is 11.7 Å². The molecule has 1 fully saturated rings. The van der Waals surface area contributed by atoms with Gasteiger partial charge in [-0.15, -0.1) is 0 Å². The Labute approximate surface area is 130 Å². The third kappa shape index (κ3) is 3.64. The summed E-state index contributed by atoms with van der Waals surface area (Å²) < 4.78 is 37.5. The van der Waals surface area contributed by atoms with Crippen LogP contribution in [0.15, 0.2) is 29.2 Å². The molecular formula is C15H21FN2O3S. The Hall–Kier alpha value is -1.47. The van der Waals surface area contributed by atoms with Gasteiger partial charge >= 0.3 is 0 Å². The van der Waals surface area contributed by atoms with Crippen molar-refractivity contribution in [1.82, 2.24) is 4.90 Å². The van der Waals surface area contributed by atoms with Gasteiger partial charge in [-0.25, -0.2) is 12.8 Å². The molecule has 1 amide bonds. The Morgan fingerprint density at radius 3 is 2.64 bits per heavy atom. The Bertz CT molecular complexity index is 631. The molecule has 1 heterocycles. The van der Waals surface area contributed by atoms with Crippen molar-refractivity contribution in [2.75, 3.05) is 18.8 Å². The molecule has 0 radical (unpaired) electrons. The molecule has 0 saturated carbocycles. The van der Waals surface area contributed by atoms with E-state index in [1.165, 1.54) is 12.1 Å². The lowest BCUT2D eigenvalue weighted by molar-refractivity contribution is -0.135. The number of carbonyl (C=O) groups excluding carboxylic acids is 1. The summed E-state index contributed by atoms with van der Waals surface area (Å²) in [6, 6.07) is 4.65. The number of hydrogen-bond donors (Lipinski definition) is 1. The normalized spacial score (nSPS) is 20.1. The Morgan fingerprint density at radius 2 is 2.05 bits per heavy atom. The van der Waals surface area contributed by atoms with E-state index >= 15 is 0 Å². The lowest BCUT2D eigenvalue weighted by Crippen LogP contribution is -2.43. The van der Waals surface area contributed by atoms with Crippen LogP contribution in [0.3, 0.4) is 0 Å². The van der Waals surface area contributed by atoms with Crippen molar-refractivity contribution in [2.45, 2.75) is 30.7 Å². The molecule has 122 valence electrons. The second-order valence-corrected chi connectivity index (χ2v) is 7.73. The third-order valence-corrected chi connectivity index (χ3v) is 5.93. The van der Waals surface area contributed by atoms with Crippen LogP contribution in [0.4, 0.5) is 4.39 Å². The summed E-state index contributed by atoms with van der Waals surface area (Å²) >= 11 is 0. The lowest BCUT2D eigenvalue weighted by Gasteiger charge is -2.26. The highest BCUT2D eigenvalue weighted by Gasteiger charge is 2.32. The Morgan fingerprint density at radius 1 is 1.41 bits per heavy atom. The summed E-state index contributed by atoms with van der Waals surface area (Å²) in [5, 5.41) is 0. The van der Waals surface area contributed by atoms with Gasteiger partial charge in [0.15, 0.2) is 9.84 Å². The molecule has 2 rings (SSSR count). The standard InChI is InChI=1S/C15H21FN2O3S/c1-11(15(19)18-8-2-3-13(18)9-17)10-22(20,21)14-6-4-12(16)5-7-14/h4-7,11,13H,2-3,8-10,17H2,1H3. The highest BCUT2D eigenvalue weighted by Crippen LogP contribution is 2.21. The average Bonchev–Trinajstić information content (AvgIpc) is 2.94. The van der Waals surface area contributed by atoms with Gasteiger partial charge in [0.2, 0.25) is 5.91 Å². The highest BCUT2D eigenvalue weighted by atomic mass is 32.2. The van der Waals surface area contributed by atoms with Gasteiger partial charge in [0, 0.05) is 25.0 Å². The minimum Gasteiger partial charge on any atom is -0.338 e. The van der Waals surface area contributed by atoms with E-state index in [4.69, 9.17) is 5.73 Å². The quantitative estimate of drug-likeness (QED) is 0.823. The van der Waals surface area contributed by atoms with Crippen LogP contribution in [0.1, 0.15) is 19.8 Å². The van der Waals surface area contributed by atoms with Crippen LogP contribution in [0.25, 0.3) is 0 Å². The average molecular weight is 328 g/mol. The summed E-state index contributed by atoms with van der Waals surface area (Å²) in [6.45, 7) is 2.63. The molecule has 1 aliphatic rings. The molecule has 0 bridgehead atoms. The first-order chi connectivity index (χ1) is 10.3. The van der Waals surface area contributed by atoms with Crippen LogP contribution in [0.5, 0.6) is 0 Å². The maximum absolute atomic E-state index is 12.9. The monoisotopic (exact) mass is 328 g/mol. The Kier molecular flexibility index (Phi) is 5.18. The van der Waals surface area contributed by atoms with E-state index in [-0.39, 0.29) is 22.6 Å². The maximum atomic E-state index is 12.9. The molecule has 0 aromatic heterocycles. The topological polar surface area (TPSA) is 80.5 Å². The number of nitrogens with zero attached hydrogens (tertiary/aromatic N) is 1. The van der Waals surface area contributed by atoms with Crippen LogP contribution in [-0.4, -0.2) is 44.1 Å². The van der Waals surface area contributed by atoms with Gasteiger partial charge < -0.3 is 10.6 Å². The van der Waals surface area contributed by atoms with E-state index in [0.29, 0.717) is 13.1 Å². The number of sulfone groups is 1. The van der Waals surface area contributed by atoms with Crippen LogP contribution in [0.2, 0.25) is 0 Å². The summed E-state index contributed by atoms with van der Waals surface area (Å²) in [7, 11) is -3.62. The van der Waals surface area contributed by atoms with Gasteiger partial charge in [0.05, 0.1) is 10.6 Å². The van der Waals surface area contributed by atoms with Crippen molar-refractivity contribution in [3.63, 3.8) is 0 Å². The molecule has 2 atom stereocenters. The van der Waals surface area contributed by atoms with E-state index in [1.807, 2.05) is 0 Å². The van der Waals surface area contributed by atoms with E-state index < -0.39 is 21.6 Å². The molecule has 1 aliphatic heterocycles. The van der Waals surface area contributed by atoms with E-state index in [9.17, 15) is 17.6 Å². The van der Waals surface area contributed by atoms with Gasteiger partial charge in [0.25, 0.3) is 0 Å². The van der Waals surface area contributed by atoms with Crippen LogP contribution in [-0.2, 0) is 14.6 Å². The fourth-order valence-electron chi connectivity index (χ4n) is 2.79. The molecule has 1 aromatic carbocycles. The number of rotatable bonds is 5. The highest BCUT2D eigenvalue weighted by molar-refractivity contribution is 7.91. The number of carbonyl (C=O) groups is 1. The summed E-state index contributed by atoms with van der Waals surface area (Å²) in [5.74, 6) is -1.61. The minimum atomic E-state index is -3.62. The van der Waals surface area contributed by atoms with Crippen molar-refractivity contribution < 1.29 is 17.6 Å². The summed E-state index contributed by atoms with van der Waals surface area (Å²) in [4.78, 5) is 14.1. The fourth-order valence-corrected chi connectivity index (χ4v) is 4.34. The zero-order valence-corrected chi connectivity index (χ0v) is 13.4. The van der Waals surface area contributed by atoms with Crippen molar-refractivity contribution in [3.8, 4) is 0 Å². The molecule has 0 aliphatic carbocycles. The van der Waals surface area contributed by atoms with Crippen molar-refractivity contribution in [2.24, 2.45) is 11.7 Å². The zero-order chi connectivity index (χ0) is 16.3. The molecule has 1 aromatic rings. The Balaban J connectivity index is 2.08. The molecule has 7 heteroatoms. The van der Waals surface area contributed by atoms with Crippen LogP contribution >= 0.6 is 0 Å². The van der Waals surface area contributed by atoms with E-state index in [2.05, 4.69) is 0 Å². The van der Waals surface area contributed by atoms with Gasteiger partial charge in [-0.2, -0.15) is 0 Å². The van der Waals surface area contributed by atoms with Crippen molar-refractivity contribution in [3.05, 3.63) is 30.1 Å². The van der Waals surface area contributed by atoms with E-state index in [1.54, 1.807) is 11.8 Å². The number of halogens is 1. The van der Waals surface area contributed by atoms with E-state index in [0.717, 1.165) is 25.0 Å². The van der Waals surface area contributed by atoms with Crippen molar-refractivity contribution >= 4 is 15.7 Å². The smallest absolute Gasteiger partial charge is 0.226 e. The predicted molar refractivity (Wildman–Crippen MR) is 81.4 cm³/mol. The first kappa shape index (κ1) is 16.9. The molecular weight excluding hydrogens is 307 g/mol. The first-order valence-electron chi connectivity index (χ1n) is 7.34. The molecule has 5 nitrogen and oxygen atoms in total. The number of benzene rings is 1. The fraction of sp³-hybridized carbons (Fsp3) is 0.533. The number of likely N-dealkylation sites (tertiary alicyclic amines) is 1. The summed E-state index contributed by atoms with van der Waals surface area (Å²) in [6.07, 6.45) is 1.75. The van der Waals surface area contributed by atoms with Gasteiger partial charge in [-0.1, -0.05) is 6.92 Å². The zero-order valence-electron chi connectivity index (χ0n) is 12.5. The van der Waals surface area contributed by atoms with Gasteiger partial charge in [-0.05, 0) is 37.1 Å². The van der Waals surface area contributed by atoms with Gasteiger partial charge in [-0.3, -0.25) is 4.79 Å². The predicted octanol–water partition coefficient (Wildman–Crippen LogP) is 1.19. The number of amides is 1. The largest absolute Gasteiger partial charge is 0.338 e. The maximum Gasteiger partial charge on any atom is 0.226 e. The third-order valence-electron chi connectivity index (χ3n) is 4.00. The molecule has 0 spiro atoms. The first-order valence-corrected chi connectivity index (χ1v) is 8.99.